The second-order valence-corrected chi connectivity index (χ2v) is 7.02. The number of amides is 2. The number of nitrogens with one attached hydrogen (secondary N) is 2. The van der Waals surface area contributed by atoms with E-state index in [4.69, 9.17) is 4.74 Å². The van der Waals surface area contributed by atoms with Crippen molar-refractivity contribution in [2.45, 2.75) is 76.4 Å². The molecule has 2 rings (SSSR count). The molecule has 5 nitrogen and oxygen atoms in total. The van der Waals surface area contributed by atoms with Gasteiger partial charge in [0.15, 0.2) is 0 Å². The first-order chi connectivity index (χ1) is 10.6. The Kier molecular flexibility index (Phi) is 6.96. The molecule has 2 fully saturated rings. The smallest absolute Gasteiger partial charge is 0.315 e. The minimum absolute atomic E-state index is 0.142. The molecule has 0 aromatic heterocycles. The van der Waals surface area contributed by atoms with Gasteiger partial charge >= 0.3 is 6.03 Å². The fourth-order valence-corrected chi connectivity index (χ4v) is 3.50. The second kappa shape index (κ2) is 8.73. The average molecular weight is 312 g/mol. The van der Waals surface area contributed by atoms with E-state index in [1.807, 2.05) is 0 Å². The summed E-state index contributed by atoms with van der Waals surface area (Å²) in [5, 5.41) is 16.2. The van der Waals surface area contributed by atoms with E-state index in [2.05, 4.69) is 17.6 Å². The predicted molar refractivity (Wildman–Crippen MR) is 86.8 cm³/mol. The molecule has 128 valence electrons. The summed E-state index contributed by atoms with van der Waals surface area (Å²) in [6.07, 6.45) is 9.74. The summed E-state index contributed by atoms with van der Waals surface area (Å²) < 4.78 is 5.24. The Labute approximate surface area is 134 Å². The topological polar surface area (TPSA) is 70.6 Å². The summed E-state index contributed by atoms with van der Waals surface area (Å²) in [4.78, 5) is 12.0. The van der Waals surface area contributed by atoms with Gasteiger partial charge in [-0.2, -0.15) is 0 Å². The highest BCUT2D eigenvalue weighted by Gasteiger charge is 2.30. The molecule has 5 heteroatoms. The van der Waals surface area contributed by atoms with Crippen LogP contribution in [0, 0.1) is 5.92 Å². The molecule has 1 saturated heterocycles. The summed E-state index contributed by atoms with van der Waals surface area (Å²) >= 11 is 0. The molecule has 0 radical (unpaired) electrons. The van der Waals surface area contributed by atoms with Gasteiger partial charge in [0, 0.05) is 38.6 Å². The summed E-state index contributed by atoms with van der Waals surface area (Å²) in [7, 11) is 0. The highest BCUT2D eigenvalue weighted by Crippen LogP contribution is 2.28. The van der Waals surface area contributed by atoms with Crippen LogP contribution in [0.5, 0.6) is 0 Å². The minimum atomic E-state index is -0.798. The van der Waals surface area contributed by atoms with Crippen molar-refractivity contribution < 1.29 is 14.6 Å². The number of carbonyl (C=O) groups is 1. The van der Waals surface area contributed by atoms with E-state index in [9.17, 15) is 9.90 Å². The zero-order valence-corrected chi connectivity index (χ0v) is 13.9. The lowest BCUT2D eigenvalue weighted by molar-refractivity contribution is -0.0600. The van der Waals surface area contributed by atoms with Crippen molar-refractivity contribution in [2.24, 2.45) is 5.92 Å². The van der Waals surface area contributed by atoms with Crippen LogP contribution >= 0.6 is 0 Å². The third-order valence-electron chi connectivity index (χ3n) is 5.15. The number of hydrogen-bond donors (Lipinski definition) is 3. The van der Waals surface area contributed by atoms with Crippen molar-refractivity contribution in [3.63, 3.8) is 0 Å². The van der Waals surface area contributed by atoms with Gasteiger partial charge in [-0.1, -0.05) is 26.2 Å². The van der Waals surface area contributed by atoms with Gasteiger partial charge in [0.25, 0.3) is 0 Å². The number of aliphatic hydroxyl groups is 1. The molecule has 2 amide bonds. The van der Waals surface area contributed by atoms with E-state index in [1.165, 1.54) is 32.1 Å². The van der Waals surface area contributed by atoms with Gasteiger partial charge in [0.05, 0.1) is 5.60 Å². The molecule has 22 heavy (non-hydrogen) atoms. The van der Waals surface area contributed by atoms with Crippen LogP contribution in [0.15, 0.2) is 0 Å². The first kappa shape index (κ1) is 17.5. The molecule has 3 N–H and O–H groups in total. The molecular formula is C17H32N2O3. The Balaban J connectivity index is 1.61. The maximum Gasteiger partial charge on any atom is 0.315 e. The van der Waals surface area contributed by atoms with Crippen molar-refractivity contribution in [3.8, 4) is 0 Å². The third kappa shape index (κ3) is 5.76. The number of urea groups is 1. The van der Waals surface area contributed by atoms with Crippen LogP contribution in [-0.2, 0) is 4.74 Å². The van der Waals surface area contributed by atoms with Crippen LogP contribution < -0.4 is 10.6 Å². The third-order valence-corrected chi connectivity index (χ3v) is 5.15. The minimum Gasteiger partial charge on any atom is -0.388 e. The zero-order chi connectivity index (χ0) is 15.8. The summed E-state index contributed by atoms with van der Waals surface area (Å²) in [6.45, 7) is 3.70. The van der Waals surface area contributed by atoms with Crippen LogP contribution in [0.4, 0.5) is 4.79 Å². The summed E-state index contributed by atoms with van der Waals surface area (Å²) in [6, 6.07) is 0.152. The van der Waals surface area contributed by atoms with Crippen molar-refractivity contribution >= 4 is 6.03 Å². The van der Waals surface area contributed by atoms with Crippen molar-refractivity contribution in [1.82, 2.24) is 10.6 Å². The molecule has 0 bridgehead atoms. The molecule has 1 aliphatic heterocycles. The van der Waals surface area contributed by atoms with E-state index in [-0.39, 0.29) is 6.03 Å². The molecule has 2 aliphatic rings. The zero-order valence-electron chi connectivity index (χ0n) is 13.9. The van der Waals surface area contributed by atoms with Crippen LogP contribution in [0.3, 0.4) is 0 Å². The maximum absolute atomic E-state index is 12.0. The van der Waals surface area contributed by atoms with Gasteiger partial charge in [-0.05, 0) is 31.6 Å². The lowest BCUT2D eigenvalue weighted by atomic mass is 9.83. The van der Waals surface area contributed by atoms with Gasteiger partial charge in [0.1, 0.15) is 0 Å². The Morgan fingerprint density at radius 2 is 1.91 bits per heavy atom. The molecule has 1 heterocycles. The van der Waals surface area contributed by atoms with Gasteiger partial charge in [0.2, 0.25) is 0 Å². The number of hydrogen-bond acceptors (Lipinski definition) is 3. The molecule has 1 aliphatic carbocycles. The SMILES string of the molecule is CCCCC1CCC(NC(=O)NCC2(O)CCOCC2)CC1. The van der Waals surface area contributed by atoms with E-state index < -0.39 is 5.60 Å². The van der Waals surface area contributed by atoms with Crippen molar-refractivity contribution in [1.29, 1.82) is 0 Å². The largest absolute Gasteiger partial charge is 0.388 e. The van der Waals surface area contributed by atoms with Crippen molar-refractivity contribution in [2.75, 3.05) is 19.8 Å². The molecule has 0 aromatic carbocycles. The van der Waals surface area contributed by atoms with Crippen LogP contribution in [0.25, 0.3) is 0 Å². The van der Waals surface area contributed by atoms with Crippen LogP contribution in [0.1, 0.15) is 64.7 Å². The predicted octanol–water partition coefficient (Wildman–Crippen LogP) is 2.58. The lowest BCUT2D eigenvalue weighted by Gasteiger charge is -2.33. The molecule has 0 unspecified atom stereocenters. The average Bonchev–Trinajstić information content (AvgIpc) is 2.53. The molecule has 0 aromatic rings. The summed E-state index contributed by atoms with van der Waals surface area (Å²) in [5.74, 6) is 0.851. The molecule has 0 spiro atoms. The standard InChI is InChI=1S/C17H32N2O3/c1-2-3-4-14-5-7-15(8-6-14)19-16(20)18-13-17(21)9-11-22-12-10-17/h14-15,21H,2-13H2,1H3,(H2,18,19,20). The van der Waals surface area contributed by atoms with Gasteiger partial charge in [-0.3, -0.25) is 0 Å². The quantitative estimate of drug-likeness (QED) is 0.706. The first-order valence-electron chi connectivity index (χ1n) is 8.96. The number of unbranched alkanes of at least 4 members (excludes halogenated alkanes) is 1. The lowest BCUT2D eigenvalue weighted by Crippen LogP contribution is -2.51. The number of carbonyl (C=O) groups excluding carboxylic acids is 1. The van der Waals surface area contributed by atoms with E-state index in [1.54, 1.807) is 0 Å². The Morgan fingerprint density at radius 3 is 2.55 bits per heavy atom. The number of ether oxygens (including phenoxy) is 1. The Hall–Kier alpha value is -0.810. The van der Waals surface area contributed by atoms with Crippen molar-refractivity contribution in [3.05, 3.63) is 0 Å². The Bertz CT molecular complexity index is 335. The first-order valence-corrected chi connectivity index (χ1v) is 8.96. The molecule has 1 saturated carbocycles. The fraction of sp³-hybridized carbons (Fsp3) is 0.941. The van der Waals surface area contributed by atoms with Gasteiger partial charge in [-0.25, -0.2) is 4.79 Å². The monoisotopic (exact) mass is 312 g/mol. The highest BCUT2D eigenvalue weighted by atomic mass is 16.5. The highest BCUT2D eigenvalue weighted by molar-refractivity contribution is 5.74. The van der Waals surface area contributed by atoms with E-state index in [0.717, 1.165) is 18.8 Å². The second-order valence-electron chi connectivity index (χ2n) is 7.02. The van der Waals surface area contributed by atoms with Gasteiger partial charge in [-0.15, -0.1) is 0 Å². The van der Waals surface area contributed by atoms with Gasteiger partial charge < -0.3 is 20.5 Å². The maximum atomic E-state index is 12.0. The van der Waals surface area contributed by atoms with E-state index >= 15 is 0 Å². The fourth-order valence-electron chi connectivity index (χ4n) is 3.50. The molecular weight excluding hydrogens is 280 g/mol. The summed E-state index contributed by atoms with van der Waals surface area (Å²) in [5.41, 5.74) is -0.798. The van der Waals surface area contributed by atoms with Crippen LogP contribution in [-0.4, -0.2) is 42.5 Å². The van der Waals surface area contributed by atoms with E-state index in [0.29, 0.717) is 38.6 Å². The molecule has 0 atom stereocenters. The Morgan fingerprint density at radius 1 is 1.23 bits per heavy atom. The van der Waals surface area contributed by atoms with Crippen LogP contribution in [0.2, 0.25) is 0 Å². The normalized spacial score (nSPS) is 28.1. The number of rotatable bonds is 6.